The van der Waals surface area contributed by atoms with E-state index < -0.39 is 0 Å². The molecule has 110 valence electrons. The van der Waals surface area contributed by atoms with Crippen LogP contribution in [0.3, 0.4) is 0 Å². The molecule has 1 heterocycles. The van der Waals surface area contributed by atoms with Gasteiger partial charge in [0.15, 0.2) is 0 Å². The van der Waals surface area contributed by atoms with Gasteiger partial charge < -0.3 is 0 Å². The summed E-state index contributed by atoms with van der Waals surface area (Å²) in [5.41, 5.74) is 7.19. The SMILES string of the molecule is Cc1cc(C)c2c(c1)C[N+](C)(c1ccccc1)C[N+]2(C)C. The quantitative estimate of drug-likeness (QED) is 0.694. The van der Waals surface area contributed by atoms with Gasteiger partial charge in [0.1, 0.15) is 17.9 Å². The van der Waals surface area contributed by atoms with Crippen molar-refractivity contribution < 1.29 is 0 Å². The lowest BCUT2D eigenvalue weighted by Crippen LogP contribution is -2.62. The van der Waals surface area contributed by atoms with Crippen LogP contribution in [0.4, 0.5) is 11.4 Å². The summed E-state index contributed by atoms with van der Waals surface area (Å²) in [6.45, 7) is 6.61. The van der Waals surface area contributed by atoms with Gasteiger partial charge >= 0.3 is 0 Å². The molecular weight excluding hydrogens is 256 g/mol. The Balaban J connectivity index is 2.16. The zero-order valence-corrected chi connectivity index (χ0v) is 13.9. The van der Waals surface area contributed by atoms with Crippen molar-refractivity contribution in [2.24, 2.45) is 0 Å². The van der Waals surface area contributed by atoms with Crippen molar-refractivity contribution >= 4 is 11.4 Å². The van der Waals surface area contributed by atoms with Crippen LogP contribution in [-0.2, 0) is 6.54 Å². The van der Waals surface area contributed by atoms with Gasteiger partial charge in [-0.1, -0.05) is 24.3 Å². The molecule has 0 radical (unpaired) electrons. The van der Waals surface area contributed by atoms with Crippen molar-refractivity contribution in [2.45, 2.75) is 20.4 Å². The number of aryl methyl sites for hydroxylation is 2. The Hall–Kier alpha value is -1.64. The average molecular weight is 282 g/mol. The second-order valence-electron chi connectivity index (χ2n) is 7.31. The van der Waals surface area contributed by atoms with E-state index in [1.165, 1.54) is 28.1 Å². The van der Waals surface area contributed by atoms with E-state index in [1.54, 1.807) is 0 Å². The smallest absolute Gasteiger partial charge is 0.216 e. The molecule has 0 saturated carbocycles. The summed E-state index contributed by atoms with van der Waals surface area (Å²) in [7, 11) is 7.02. The second-order valence-corrected chi connectivity index (χ2v) is 7.31. The average Bonchev–Trinajstić information content (AvgIpc) is 2.36. The van der Waals surface area contributed by atoms with Gasteiger partial charge in [0, 0.05) is 5.56 Å². The third-order valence-corrected chi connectivity index (χ3v) is 4.69. The predicted molar refractivity (Wildman–Crippen MR) is 92.3 cm³/mol. The van der Waals surface area contributed by atoms with E-state index in [9.17, 15) is 0 Å². The number of rotatable bonds is 1. The van der Waals surface area contributed by atoms with Gasteiger partial charge in [-0.15, -0.1) is 0 Å². The van der Waals surface area contributed by atoms with E-state index in [1.807, 2.05) is 0 Å². The van der Waals surface area contributed by atoms with E-state index in [0.29, 0.717) is 0 Å². The lowest BCUT2D eigenvalue weighted by atomic mass is 9.98. The minimum Gasteiger partial charge on any atom is -0.249 e. The van der Waals surface area contributed by atoms with Crippen LogP contribution in [0.25, 0.3) is 0 Å². The molecule has 2 aromatic rings. The van der Waals surface area contributed by atoms with Gasteiger partial charge in [-0.05, 0) is 37.6 Å². The first-order valence-corrected chi connectivity index (χ1v) is 7.66. The fraction of sp³-hybridized carbons (Fsp3) is 0.368. The van der Waals surface area contributed by atoms with Crippen molar-refractivity contribution in [2.75, 3.05) is 27.8 Å². The Morgan fingerprint density at radius 2 is 1.57 bits per heavy atom. The van der Waals surface area contributed by atoms with Crippen LogP contribution in [0, 0.1) is 13.8 Å². The predicted octanol–water partition coefficient (Wildman–Crippen LogP) is 3.98. The van der Waals surface area contributed by atoms with E-state index in [2.05, 4.69) is 77.5 Å². The second kappa shape index (κ2) is 4.69. The normalized spacial score (nSPS) is 23.7. The molecule has 0 saturated heterocycles. The molecule has 1 aliphatic heterocycles. The number of hydrogen-bond donors (Lipinski definition) is 0. The Kier molecular flexibility index (Phi) is 3.19. The summed E-state index contributed by atoms with van der Waals surface area (Å²) in [6.07, 6.45) is 0. The maximum Gasteiger partial charge on any atom is 0.216 e. The summed E-state index contributed by atoms with van der Waals surface area (Å²) < 4.78 is 1.90. The lowest BCUT2D eigenvalue weighted by Gasteiger charge is -2.46. The van der Waals surface area contributed by atoms with Crippen LogP contribution < -0.4 is 8.97 Å². The molecule has 3 rings (SSSR count). The first kappa shape index (κ1) is 14.3. The van der Waals surface area contributed by atoms with E-state index >= 15 is 0 Å². The maximum absolute atomic E-state index is 2.38. The summed E-state index contributed by atoms with van der Waals surface area (Å²) in [5, 5.41) is 0. The molecule has 0 N–H and O–H groups in total. The minimum absolute atomic E-state index is 0.937. The zero-order chi connectivity index (χ0) is 15.3. The van der Waals surface area contributed by atoms with Crippen LogP contribution in [-0.4, -0.2) is 27.8 Å². The minimum atomic E-state index is 0.937. The molecule has 0 aromatic heterocycles. The fourth-order valence-electron chi connectivity index (χ4n) is 4.27. The summed E-state index contributed by atoms with van der Waals surface area (Å²) >= 11 is 0. The van der Waals surface area contributed by atoms with Gasteiger partial charge in [0.2, 0.25) is 6.67 Å². The third kappa shape index (κ3) is 2.39. The molecule has 21 heavy (non-hydrogen) atoms. The Bertz CT molecular complexity index is 673. The highest BCUT2D eigenvalue weighted by atomic mass is 15.5. The van der Waals surface area contributed by atoms with E-state index in [4.69, 9.17) is 0 Å². The Morgan fingerprint density at radius 3 is 2.24 bits per heavy atom. The van der Waals surface area contributed by atoms with Gasteiger partial charge in [0.05, 0.1) is 26.7 Å². The zero-order valence-electron chi connectivity index (χ0n) is 13.9. The molecule has 1 aliphatic rings. The van der Waals surface area contributed by atoms with Gasteiger partial charge in [-0.25, -0.2) is 8.97 Å². The summed E-state index contributed by atoms with van der Waals surface area (Å²) in [5.74, 6) is 0. The topological polar surface area (TPSA) is 0 Å². The maximum atomic E-state index is 2.38. The molecule has 1 unspecified atom stereocenters. The Morgan fingerprint density at radius 1 is 0.905 bits per heavy atom. The van der Waals surface area contributed by atoms with Crippen LogP contribution in [0.15, 0.2) is 42.5 Å². The fourth-order valence-corrected chi connectivity index (χ4v) is 4.27. The molecule has 2 heteroatoms. The molecule has 0 spiro atoms. The van der Waals surface area contributed by atoms with Crippen molar-refractivity contribution in [1.29, 1.82) is 0 Å². The van der Waals surface area contributed by atoms with Crippen LogP contribution in [0.2, 0.25) is 0 Å². The monoisotopic (exact) mass is 282 g/mol. The summed E-state index contributed by atoms with van der Waals surface area (Å²) in [4.78, 5) is 0. The molecule has 0 bridgehead atoms. The lowest BCUT2D eigenvalue weighted by molar-refractivity contribution is 0.183. The van der Waals surface area contributed by atoms with Crippen LogP contribution >= 0.6 is 0 Å². The first-order chi connectivity index (χ1) is 9.82. The number of benzene rings is 2. The highest BCUT2D eigenvalue weighted by Crippen LogP contribution is 2.39. The van der Waals surface area contributed by atoms with Crippen LogP contribution in [0.5, 0.6) is 0 Å². The number of para-hydroxylation sites is 1. The highest BCUT2D eigenvalue weighted by molar-refractivity contribution is 5.61. The van der Waals surface area contributed by atoms with Crippen molar-refractivity contribution in [3.8, 4) is 0 Å². The van der Waals surface area contributed by atoms with E-state index in [-0.39, 0.29) is 0 Å². The van der Waals surface area contributed by atoms with Crippen molar-refractivity contribution in [1.82, 2.24) is 8.97 Å². The molecule has 2 nitrogen and oxygen atoms in total. The Labute approximate surface area is 128 Å². The van der Waals surface area contributed by atoms with Gasteiger partial charge in [-0.2, -0.15) is 0 Å². The number of quaternary nitrogens is 2. The molecule has 0 aliphatic carbocycles. The summed E-state index contributed by atoms with van der Waals surface area (Å²) in [6, 6.07) is 15.6. The molecular formula is C19H26N2+2. The third-order valence-electron chi connectivity index (χ3n) is 4.69. The molecule has 2 aromatic carbocycles. The van der Waals surface area contributed by atoms with Crippen LogP contribution in [0.1, 0.15) is 16.7 Å². The molecule has 0 amide bonds. The van der Waals surface area contributed by atoms with Crippen molar-refractivity contribution in [3.63, 3.8) is 0 Å². The van der Waals surface area contributed by atoms with Gasteiger partial charge in [-0.3, -0.25) is 0 Å². The van der Waals surface area contributed by atoms with Crippen molar-refractivity contribution in [3.05, 3.63) is 59.2 Å². The van der Waals surface area contributed by atoms with Gasteiger partial charge in [0.25, 0.3) is 0 Å². The number of hydrogen-bond acceptors (Lipinski definition) is 0. The molecule has 1 atom stereocenters. The highest BCUT2D eigenvalue weighted by Gasteiger charge is 2.43. The number of fused-ring (bicyclic) bond motifs is 1. The molecule has 0 fully saturated rings. The standard InChI is InChI=1S/C19H26N2/c1-15-11-16(2)19-17(12-15)13-21(5,14-20(19,3)4)18-9-7-6-8-10-18/h6-12H,13-14H2,1-5H3/q+2. The number of nitrogens with zero attached hydrogens (tertiary/aromatic N) is 2. The largest absolute Gasteiger partial charge is 0.249 e. The van der Waals surface area contributed by atoms with E-state index in [0.717, 1.165) is 22.2 Å². The first-order valence-electron chi connectivity index (χ1n) is 7.66.